The van der Waals surface area contributed by atoms with Gasteiger partial charge in [0.25, 0.3) is 0 Å². The summed E-state index contributed by atoms with van der Waals surface area (Å²) in [5.41, 5.74) is 3.19. The fourth-order valence-electron chi connectivity index (χ4n) is 3.14. The lowest BCUT2D eigenvalue weighted by Crippen LogP contribution is -2.25. The average Bonchev–Trinajstić information content (AvgIpc) is 3.17. The van der Waals surface area contributed by atoms with Crippen LogP contribution >= 0.6 is 11.3 Å². The third-order valence-corrected chi connectivity index (χ3v) is 5.86. The summed E-state index contributed by atoms with van der Waals surface area (Å²) in [6.07, 6.45) is 0.969. The quantitative estimate of drug-likeness (QED) is 0.838. The first-order valence-electron chi connectivity index (χ1n) is 8.37. The van der Waals surface area contributed by atoms with Crippen LogP contribution in [0.3, 0.4) is 0 Å². The molecule has 5 nitrogen and oxygen atoms in total. The number of hydrogen-bond donors (Lipinski definition) is 1. The highest BCUT2D eigenvalue weighted by Crippen LogP contribution is 2.49. The van der Waals surface area contributed by atoms with Crippen LogP contribution in [0.15, 0.2) is 12.1 Å². The lowest BCUT2D eigenvalue weighted by atomic mass is 10.2. The zero-order valence-electron chi connectivity index (χ0n) is 14.8. The molecule has 2 atom stereocenters. The van der Waals surface area contributed by atoms with Gasteiger partial charge in [0.15, 0.2) is 0 Å². The van der Waals surface area contributed by atoms with E-state index in [9.17, 15) is 4.79 Å². The number of hydrogen-bond acceptors (Lipinski definition) is 4. The number of carbonyl (C=O) groups is 1. The van der Waals surface area contributed by atoms with Crippen LogP contribution in [0.2, 0.25) is 0 Å². The molecule has 0 bridgehead atoms. The first kappa shape index (κ1) is 17.2. The fraction of sp³-hybridized carbons (Fsp3) is 0.556. The number of amides is 1. The number of rotatable bonds is 7. The van der Waals surface area contributed by atoms with Gasteiger partial charge < -0.3 is 10.1 Å². The van der Waals surface area contributed by atoms with E-state index in [4.69, 9.17) is 4.74 Å². The molecule has 2 unspecified atom stereocenters. The predicted octanol–water partition coefficient (Wildman–Crippen LogP) is 2.94. The topological polar surface area (TPSA) is 56.1 Å². The zero-order chi connectivity index (χ0) is 17.3. The van der Waals surface area contributed by atoms with E-state index < -0.39 is 0 Å². The molecule has 0 aliphatic heterocycles. The van der Waals surface area contributed by atoms with Crippen molar-refractivity contribution >= 4 is 17.2 Å². The molecule has 130 valence electrons. The Bertz CT molecular complexity index is 735. The van der Waals surface area contributed by atoms with Gasteiger partial charge in [-0.05, 0) is 39.3 Å². The molecule has 3 rings (SSSR count). The van der Waals surface area contributed by atoms with Crippen molar-refractivity contribution in [2.45, 2.75) is 46.2 Å². The maximum atomic E-state index is 12.4. The van der Waals surface area contributed by atoms with E-state index in [0.29, 0.717) is 19.1 Å². The molecule has 1 aliphatic carbocycles. The van der Waals surface area contributed by atoms with Gasteiger partial charge in [0.1, 0.15) is 0 Å². The Hall–Kier alpha value is -1.66. The normalized spacial score (nSPS) is 19.5. The smallest absolute Gasteiger partial charge is 0.224 e. The predicted molar refractivity (Wildman–Crippen MR) is 95.3 cm³/mol. The van der Waals surface area contributed by atoms with Crippen LogP contribution in [-0.4, -0.2) is 29.4 Å². The van der Waals surface area contributed by atoms with Gasteiger partial charge >= 0.3 is 0 Å². The molecule has 1 N–H and O–H groups in total. The molecule has 1 fully saturated rings. The molecule has 1 amide bonds. The summed E-state index contributed by atoms with van der Waals surface area (Å²) in [6.45, 7) is 8.07. The van der Waals surface area contributed by atoms with E-state index in [-0.39, 0.29) is 11.8 Å². The number of nitrogens with one attached hydrogen (secondary N) is 1. The Balaban J connectivity index is 1.56. The van der Waals surface area contributed by atoms with Crippen LogP contribution in [-0.2, 0) is 22.6 Å². The fourth-order valence-corrected chi connectivity index (χ4v) is 4.20. The third kappa shape index (κ3) is 3.54. The van der Waals surface area contributed by atoms with Crippen molar-refractivity contribution in [3.05, 3.63) is 38.8 Å². The summed E-state index contributed by atoms with van der Waals surface area (Å²) in [5, 5.41) is 7.64. The largest absolute Gasteiger partial charge is 0.383 e. The van der Waals surface area contributed by atoms with Gasteiger partial charge in [0.05, 0.1) is 18.8 Å². The molecule has 2 aromatic heterocycles. The van der Waals surface area contributed by atoms with Crippen LogP contribution in [0.4, 0.5) is 0 Å². The standard InChI is InChI=1S/C18H25N3O2S/c1-11-5-6-17(24-11)14-9-15(14)18(22)19-10-16-12(2)20-21(13(16)3)7-8-23-4/h5-6,14-15H,7-10H2,1-4H3,(H,19,22). The SMILES string of the molecule is COCCn1nc(C)c(CNC(=O)C2CC2c2ccc(C)s2)c1C. The van der Waals surface area contributed by atoms with Crippen molar-refractivity contribution in [2.75, 3.05) is 13.7 Å². The minimum Gasteiger partial charge on any atom is -0.383 e. The Kier molecular flexibility index (Phi) is 5.06. The summed E-state index contributed by atoms with van der Waals surface area (Å²) in [6, 6.07) is 4.29. The lowest BCUT2D eigenvalue weighted by molar-refractivity contribution is -0.122. The number of ether oxygens (including phenoxy) is 1. The summed E-state index contributed by atoms with van der Waals surface area (Å²) < 4.78 is 7.07. The van der Waals surface area contributed by atoms with Crippen LogP contribution in [0.5, 0.6) is 0 Å². The number of thiophene rings is 1. The van der Waals surface area contributed by atoms with Crippen molar-refractivity contribution in [2.24, 2.45) is 5.92 Å². The molecule has 0 aromatic carbocycles. The molecule has 0 saturated heterocycles. The molecule has 6 heteroatoms. The number of nitrogens with zero attached hydrogens (tertiary/aromatic N) is 2. The number of aryl methyl sites for hydroxylation is 2. The van der Waals surface area contributed by atoms with Crippen LogP contribution in [0.25, 0.3) is 0 Å². The maximum Gasteiger partial charge on any atom is 0.224 e. The Labute approximate surface area is 147 Å². The number of methoxy groups -OCH3 is 1. The van der Waals surface area contributed by atoms with Gasteiger partial charge in [-0.25, -0.2) is 0 Å². The molecule has 2 heterocycles. The summed E-state index contributed by atoms with van der Waals surface area (Å²) in [7, 11) is 1.69. The van der Waals surface area contributed by atoms with E-state index in [2.05, 4.69) is 29.5 Å². The second kappa shape index (κ2) is 7.07. The Morgan fingerprint density at radius 2 is 2.21 bits per heavy atom. The zero-order valence-corrected chi connectivity index (χ0v) is 15.6. The summed E-state index contributed by atoms with van der Waals surface area (Å²) >= 11 is 1.80. The van der Waals surface area contributed by atoms with E-state index in [1.54, 1.807) is 18.4 Å². The second-order valence-electron chi connectivity index (χ2n) is 6.48. The third-order valence-electron chi connectivity index (χ3n) is 4.73. The van der Waals surface area contributed by atoms with Crippen LogP contribution < -0.4 is 5.32 Å². The first-order valence-corrected chi connectivity index (χ1v) is 9.18. The van der Waals surface area contributed by atoms with Gasteiger partial charge in [0.2, 0.25) is 5.91 Å². The van der Waals surface area contributed by atoms with E-state index in [0.717, 1.165) is 29.9 Å². The highest BCUT2D eigenvalue weighted by Gasteiger charge is 2.44. The van der Waals surface area contributed by atoms with Gasteiger partial charge in [-0.2, -0.15) is 5.10 Å². The van der Waals surface area contributed by atoms with E-state index in [1.807, 2.05) is 18.5 Å². The van der Waals surface area contributed by atoms with E-state index in [1.165, 1.54) is 9.75 Å². The Morgan fingerprint density at radius 3 is 2.88 bits per heavy atom. The summed E-state index contributed by atoms with van der Waals surface area (Å²) in [4.78, 5) is 15.1. The minimum atomic E-state index is 0.132. The first-order chi connectivity index (χ1) is 11.5. The summed E-state index contributed by atoms with van der Waals surface area (Å²) in [5.74, 6) is 0.706. The van der Waals surface area contributed by atoms with Gasteiger partial charge in [0, 0.05) is 46.5 Å². The van der Waals surface area contributed by atoms with Crippen LogP contribution in [0, 0.1) is 26.7 Å². The van der Waals surface area contributed by atoms with Crippen molar-refractivity contribution < 1.29 is 9.53 Å². The molecule has 0 spiro atoms. The van der Waals surface area contributed by atoms with Crippen LogP contribution in [0.1, 0.15) is 39.0 Å². The molecular formula is C18H25N3O2S. The van der Waals surface area contributed by atoms with Gasteiger partial charge in [-0.3, -0.25) is 9.48 Å². The molecular weight excluding hydrogens is 322 g/mol. The molecule has 24 heavy (non-hydrogen) atoms. The highest BCUT2D eigenvalue weighted by atomic mass is 32.1. The molecule has 1 aliphatic rings. The highest BCUT2D eigenvalue weighted by molar-refractivity contribution is 7.12. The van der Waals surface area contributed by atoms with Gasteiger partial charge in [-0.1, -0.05) is 0 Å². The minimum absolute atomic E-state index is 0.132. The Morgan fingerprint density at radius 1 is 1.42 bits per heavy atom. The maximum absolute atomic E-state index is 12.4. The van der Waals surface area contributed by atoms with Crippen molar-refractivity contribution in [3.8, 4) is 0 Å². The molecule has 0 radical (unpaired) electrons. The van der Waals surface area contributed by atoms with Crippen molar-refractivity contribution in [1.29, 1.82) is 0 Å². The monoisotopic (exact) mass is 347 g/mol. The number of aromatic nitrogens is 2. The van der Waals surface area contributed by atoms with Crippen molar-refractivity contribution in [3.63, 3.8) is 0 Å². The van der Waals surface area contributed by atoms with Gasteiger partial charge in [-0.15, -0.1) is 11.3 Å². The molecule has 2 aromatic rings. The lowest BCUT2D eigenvalue weighted by Gasteiger charge is -2.07. The average molecular weight is 347 g/mol. The number of carbonyl (C=O) groups excluding carboxylic acids is 1. The second-order valence-corrected chi connectivity index (χ2v) is 7.80. The molecule has 1 saturated carbocycles. The van der Waals surface area contributed by atoms with E-state index >= 15 is 0 Å². The van der Waals surface area contributed by atoms with Crippen molar-refractivity contribution in [1.82, 2.24) is 15.1 Å².